The zero-order valence-electron chi connectivity index (χ0n) is 35.4. The molecule has 0 aromatic heterocycles. The first kappa shape index (κ1) is 52.3. The maximum atomic E-state index is 13.0. The fourth-order valence-corrected chi connectivity index (χ4v) is 6.99. The average Bonchev–Trinajstić information content (AvgIpc) is 3.12. The average molecular weight is 816 g/mol. The van der Waals surface area contributed by atoms with Crippen molar-refractivity contribution in [3.8, 4) is 0 Å². The second-order valence-electron chi connectivity index (χ2n) is 16.2. The number of carbonyl (C=O) groups excluding carboxylic acids is 1. The van der Waals surface area contributed by atoms with Crippen LogP contribution in [0.25, 0.3) is 0 Å². The van der Waals surface area contributed by atoms with E-state index >= 15 is 0 Å². The molecule has 1 heterocycles. The molecule has 13 heteroatoms. The topological polar surface area (TPSA) is 175 Å². The quantitative estimate of drug-likeness (QED) is 0.0170. The van der Waals surface area contributed by atoms with Crippen LogP contribution in [0.3, 0.4) is 0 Å². The van der Waals surface area contributed by atoms with Crippen LogP contribution in [0.1, 0.15) is 136 Å². The summed E-state index contributed by atoms with van der Waals surface area (Å²) in [4.78, 5) is 23.2. The molecule has 0 saturated carbocycles. The summed E-state index contributed by atoms with van der Waals surface area (Å²) in [6.45, 7) is 4.38. The van der Waals surface area contributed by atoms with Crippen molar-refractivity contribution in [2.24, 2.45) is 5.92 Å². The van der Waals surface area contributed by atoms with E-state index in [4.69, 9.17) is 13.8 Å². The highest BCUT2D eigenvalue weighted by molar-refractivity contribution is 7.47. The van der Waals surface area contributed by atoms with E-state index in [2.05, 4.69) is 31.3 Å². The van der Waals surface area contributed by atoms with E-state index in [0.717, 1.165) is 51.4 Å². The lowest BCUT2D eigenvalue weighted by Gasteiger charge is -2.36. The van der Waals surface area contributed by atoms with Crippen molar-refractivity contribution in [2.45, 2.75) is 173 Å². The van der Waals surface area contributed by atoms with Crippen LogP contribution in [0.4, 0.5) is 0 Å². The molecule has 8 atom stereocenters. The number of nitrogens with zero attached hydrogens (tertiary/aromatic N) is 1. The summed E-state index contributed by atoms with van der Waals surface area (Å²) in [6, 6.07) is -0.957. The standard InChI is InChI=1S/C43H79N2O10P/c1-6-8-10-11-12-13-14-15-16-17-18-19-24-28-39(47)38(35-54-56(51,52)53-33-32-45(3,4)5)44-42(49)29-25-21-20-23-27-37-40(48)34-43(50)55-41(37)31-30-36(46)26-22-9-7-2/h10-11,20,23-24,28,30-31,36-41,43,46-48,50H,6-9,12-19,21-22,25-27,29,32-35H2,1-5H3,(H-,44,49,51,52)/p+1/b11-10-,23-20-,28-24+,31-30+/t36-,37-,38-,39+,40-,41+,43?/m0/s1. The zero-order valence-corrected chi connectivity index (χ0v) is 36.3. The Hall–Kier alpha value is -1.70. The maximum absolute atomic E-state index is 13.0. The number of quaternary nitrogens is 1. The molecule has 0 aromatic carbocycles. The lowest BCUT2D eigenvalue weighted by Crippen LogP contribution is -2.45. The molecule has 0 radical (unpaired) electrons. The molecule has 0 aromatic rings. The highest BCUT2D eigenvalue weighted by Gasteiger charge is 2.35. The van der Waals surface area contributed by atoms with Crippen molar-refractivity contribution in [3.05, 3.63) is 48.6 Å². The predicted molar refractivity (Wildman–Crippen MR) is 225 cm³/mol. The number of rotatable bonds is 33. The van der Waals surface area contributed by atoms with Crippen LogP contribution < -0.4 is 5.32 Å². The van der Waals surface area contributed by atoms with Gasteiger partial charge in [0.1, 0.15) is 13.2 Å². The molecule has 1 amide bonds. The number of ether oxygens (including phenoxy) is 1. The van der Waals surface area contributed by atoms with Crippen molar-refractivity contribution in [1.29, 1.82) is 0 Å². The monoisotopic (exact) mass is 816 g/mol. The van der Waals surface area contributed by atoms with Gasteiger partial charge in [0, 0.05) is 18.8 Å². The third-order valence-corrected chi connectivity index (χ3v) is 10.8. The number of aliphatic hydroxyl groups is 4. The maximum Gasteiger partial charge on any atom is 0.472 e. The fraction of sp³-hybridized carbons (Fsp3) is 0.791. The van der Waals surface area contributed by atoms with Gasteiger partial charge in [0.05, 0.1) is 58.2 Å². The summed E-state index contributed by atoms with van der Waals surface area (Å²) in [5.74, 6) is -0.620. The summed E-state index contributed by atoms with van der Waals surface area (Å²) in [5, 5.41) is 44.8. The molecule has 1 rings (SSSR count). The third kappa shape index (κ3) is 27.9. The van der Waals surface area contributed by atoms with Gasteiger partial charge in [-0.25, -0.2) is 4.57 Å². The molecule has 12 nitrogen and oxygen atoms in total. The van der Waals surface area contributed by atoms with Gasteiger partial charge >= 0.3 is 7.82 Å². The molecule has 2 unspecified atom stereocenters. The van der Waals surface area contributed by atoms with Crippen molar-refractivity contribution in [1.82, 2.24) is 5.32 Å². The second kappa shape index (κ2) is 31.3. The van der Waals surface area contributed by atoms with E-state index in [9.17, 15) is 34.7 Å². The number of unbranched alkanes of at least 4 members (excludes halogenated alkanes) is 11. The fourth-order valence-electron chi connectivity index (χ4n) is 6.26. The Morgan fingerprint density at radius 2 is 1.48 bits per heavy atom. The van der Waals surface area contributed by atoms with Gasteiger partial charge in [-0.05, 0) is 57.8 Å². The minimum absolute atomic E-state index is 0.00851. The highest BCUT2D eigenvalue weighted by atomic mass is 31.2. The van der Waals surface area contributed by atoms with E-state index in [1.54, 1.807) is 18.2 Å². The van der Waals surface area contributed by atoms with E-state index in [0.29, 0.717) is 36.7 Å². The van der Waals surface area contributed by atoms with Crippen molar-refractivity contribution in [3.63, 3.8) is 0 Å². The number of aliphatic hydroxyl groups excluding tert-OH is 4. The molecule has 0 spiro atoms. The largest absolute Gasteiger partial charge is 0.472 e. The second-order valence-corrected chi connectivity index (χ2v) is 17.7. The van der Waals surface area contributed by atoms with Crippen molar-refractivity contribution >= 4 is 13.7 Å². The van der Waals surface area contributed by atoms with Crippen LogP contribution >= 0.6 is 7.82 Å². The highest BCUT2D eigenvalue weighted by Crippen LogP contribution is 2.43. The normalized spacial score (nSPS) is 22.3. The molecule has 0 aliphatic carbocycles. The number of phosphoric acid groups is 1. The number of carbonyl (C=O) groups is 1. The van der Waals surface area contributed by atoms with Crippen LogP contribution in [0.15, 0.2) is 48.6 Å². The minimum atomic E-state index is -4.42. The molecule has 1 aliphatic rings. The summed E-state index contributed by atoms with van der Waals surface area (Å²) >= 11 is 0. The van der Waals surface area contributed by atoms with Crippen molar-refractivity contribution in [2.75, 3.05) is 40.9 Å². The summed E-state index contributed by atoms with van der Waals surface area (Å²) in [5.41, 5.74) is 0. The van der Waals surface area contributed by atoms with Gasteiger partial charge in [-0.2, -0.15) is 0 Å². The van der Waals surface area contributed by atoms with Gasteiger partial charge < -0.3 is 39.9 Å². The Morgan fingerprint density at radius 3 is 2.16 bits per heavy atom. The first-order valence-corrected chi connectivity index (χ1v) is 22.9. The van der Waals surface area contributed by atoms with E-state index in [1.165, 1.54) is 32.1 Å². The van der Waals surface area contributed by atoms with E-state index in [-0.39, 0.29) is 31.3 Å². The predicted octanol–water partition coefficient (Wildman–Crippen LogP) is 7.40. The number of phosphoric ester groups is 1. The van der Waals surface area contributed by atoms with E-state index < -0.39 is 51.2 Å². The van der Waals surface area contributed by atoms with Gasteiger partial charge in [-0.3, -0.25) is 13.8 Å². The van der Waals surface area contributed by atoms with Crippen LogP contribution in [0.5, 0.6) is 0 Å². The molecule has 1 fully saturated rings. The Labute approximate surface area is 339 Å². The van der Waals surface area contributed by atoms with Gasteiger partial charge in [0.15, 0.2) is 6.29 Å². The van der Waals surface area contributed by atoms with Crippen LogP contribution in [0.2, 0.25) is 0 Å². The van der Waals surface area contributed by atoms with Gasteiger partial charge in [-0.1, -0.05) is 114 Å². The SMILES string of the molecule is CCC/C=C\CCCCCCCC/C=C/[C@@H](O)[C@H](COP(=O)(O)OCC[N+](C)(C)C)NC(=O)CCC/C=C\C[C@H]1[C@@H](O)CC(O)O[C@@H]1/C=C/[C@@H](O)CCCCC. The smallest absolute Gasteiger partial charge is 0.393 e. The zero-order chi connectivity index (χ0) is 41.7. The molecule has 6 N–H and O–H groups in total. The van der Waals surface area contributed by atoms with Crippen LogP contribution in [0, 0.1) is 5.92 Å². The first-order chi connectivity index (χ1) is 26.7. The van der Waals surface area contributed by atoms with Gasteiger partial charge in [0.2, 0.25) is 5.91 Å². The lowest BCUT2D eigenvalue weighted by atomic mass is 9.87. The number of amides is 1. The van der Waals surface area contributed by atoms with Crippen molar-refractivity contribution < 1.29 is 52.9 Å². The Kier molecular flexibility index (Phi) is 29.2. The van der Waals surface area contributed by atoms with Gasteiger partial charge in [0.25, 0.3) is 0 Å². The number of allylic oxidation sites excluding steroid dienone is 5. The molecular weight excluding hydrogens is 735 g/mol. The number of likely N-dealkylation sites (N-methyl/N-ethyl adjacent to an activating group) is 1. The number of nitrogens with one attached hydrogen (secondary N) is 1. The number of hydrogen-bond acceptors (Lipinski definition) is 9. The van der Waals surface area contributed by atoms with E-state index in [1.807, 2.05) is 39.4 Å². The Balaban J connectivity index is 2.65. The molecular formula is C43H80N2O10P+. The summed E-state index contributed by atoms with van der Waals surface area (Å²) in [7, 11) is 1.39. The summed E-state index contributed by atoms with van der Waals surface area (Å²) in [6.07, 6.45) is 27.9. The first-order valence-electron chi connectivity index (χ1n) is 21.4. The Bertz CT molecular complexity index is 1170. The minimum Gasteiger partial charge on any atom is -0.393 e. The molecule has 326 valence electrons. The Morgan fingerprint density at radius 1 is 0.839 bits per heavy atom. The third-order valence-electron chi connectivity index (χ3n) is 9.79. The number of hydrogen-bond donors (Lipinski definition) is 6. The molecule has 56 heavy (non-hydrogen) atoms. The molecule has 0 bridgehead atoms. The lowest BCUT2D eigenvalue weighted by molar-refractivity contribution is -0.870. The molecule has 1 saturated heterocycles. The molecule has 1 aliphatic heterocycles. The van der Waals surface area contributed by atoms with Crippen LogP contribution in [-0.2, 0) is 23.1 Å². The van der Waals surface area contributed by atoms with Crippen LogP contribution in [-0.4, -0.2) is 113 Å². The van der Waals surface area contributed by atoms with Gasteiger partial charge in [-0.15, -0.1) is 0 Å². The summed E-state index contributed by atoms with van der Waals surface area (Å²) < 4.78 is 29.2.